The number of halogens is 2. The number of amides is 1. The number of carbonyl (C=O) groups is 1. The molecule has 0 spiro atoms. The third-order valence-corrected chi connectivity index (χ3v) is 6.51. The molecular weight excluding hydrogens is 433 g/mol. The molecule has 0 atom stereocenters. The van der Waals surface area contributed by atoms with E-state index >= 15 is 0 Å². The van der Waals surface area contributed by atoms with Gasteiger partial charge in [-0.15, -0.1) is 0 Å². The van der Waals surface area contributed by atoms with Crippen LogP contribution in [-0.4, -0.2) is 38.4 Å². The van der Waals surface area contributed by atoms with Crippen LogP contribution < -0.4 is 5.43 Å². The van der Waals surface area contributed by atoms with E-state index in [9.17, 15) is 13.2 Å². The summed E-state index contributed by atoms with van der Waals surface area (Å²) in [6.45, 7) is -0.388. The first-order valence-corrected chi connectivity index (χ1v) is 10.7. The lowest BCUT2D eigenvalue weighted by atomic mass is 10.1. The Hall–Kier alpha value is -2.45. The number of benzene rings is 3. The van der Waals surface area contributed by atoms with Gasteiger partial charge in [-0.25, -0.2) is 13.8 Å². The Labute approximate surface area is 178 Å². The summed E-state index contributed by atoms with van der Waals surface area (Å²) in [5, 5.41) is 6.41. The number of nitrogens with one attached hydrogen (secondary N) is 1. The molecule has 9 heteroatoms. The van der Waals surface area contributed by atoms with E-state index in [1.165, 1.54) is 19.3 Å². The van der Waals surface area contributed by atoms with Gasteiger partial charge < -0.3 is 0 Å². The quantitative estimate of drug-likeness (QED) is 0.457. The first-order valence-electron chi connectivity index (χ1n) is 8.49. The van der Waals surface area contributed by atoms with E-state index in [2.05, 4.69) is 10.5 Å². The molecule has 0 saturated carbocycles. The highest BCUT2D eigenvalue weighted by Gasteiger charge is 2.23. The van der Waals surface area contributed by atoms with Gasteiger partial charge in [-0.3, -0.25) is 4.79 Å². The van der Waals surface area contributed by atoms with Crippen LogP contribution in [0.3, 0.4) is 0 Å². The van der Waals surface area contributed by atoms with Crippen molar-refractivity contribution in [1.82, 2.24) is 9.73 Å². The van der Waals surface area contributed by atoms with E-state index in [1.54, 1.807) is 30.3 Å². The van der Waals surface area contributed by atoms with Crippen LogP contribution >= 0.6 is 23.2 Å². The molecule has 0 bridgehead atoms. The fraction of sp³-hybridized carbons (Fsp3) is 0.100. The van der Waals surface area contributed by atoms with Crippen LogP contribution in [0.2, 0.25) is 10.0 Å². The number of likely N-dealkylation sites (N-methyl/N-ethyl adjacent to an activating group) is 1. The summed E-state index contributed by atoms with van der Waals surface area (Å²) in [5.74, 6) is -0.585. The van der Waals surface area contributed by atoms with E-state index in [1.807, 2.05) is 24.3 Å². The highest BCUT2D eigenvalue weighted by Crippen LogP contribution is 2.21. The van der Waals surface area contributed by atoms with Crippen molar-refractivity contribution in [3.8, 4) is 0 Å². The van der Waals surface area contributed by atoms with E-state index in [0.29, 0.717) is 15.6 Å². The SMILES string of the molecule is CN(CC(=O)N/N=C\c1ccc(Cl)cc1Cl)S(=O)(=O)c1ccc2ccccc2c1. The van der Waals surface area contributed by atoms with E-state index < -0.39 is 15.9 Å². The molecule has 0 radical (unpaired) electrons. The lowest BCUT2D eigenvalue weighted by molar-refractivity contribution is -0.121. The average Bonchev–Trinajstić information content (AvgIpc) is 2.69. The number of rotatable bonds is 6. The first kappa shape index (κ1) is 21.3. The van der Waals surface area contributed by atoms with Crippen LogP contribution in [0.5, 0.6) is 0 Å². The van der Waals surface area contributed by atoms with Gasteiger partial charge in [0.2, 0.25) is 10.0 Å². The second-order valence-electron chi connectivity index (χ2n) is 6.23. The summed E-state index contributed by atoms with van der Waals surface area (Å²) in [6, 6.07) is 17.1. The van der Waals surface area contributed by atoms with Gasteiger partial charge in [-0.05, 0) is 35.0 Å². The molecular formula is C20H17Cl2N3O3S. The van der Waals surface area contributed by atoms with Gasteiger partial charge in [-0.2, -0.15) is 9.41 Å². The maximum Gasteiger partial charge on any atom is 0.255 e. The summed E-state index contributed by atoms with van der Waals surface area (Å²) in [6.07, 6.45) is 1.36. The number of hydrogen-bond donors (Lipinski definition) is 1. The van der Waals surface area contributed by atoms with E-state index in [0.717, 1.165) is 15.1 Å². The van der Waals surface area contributed by atoms with Gasteiger partial charge in [-0.1, -0.05) is 59.6 Å². The number of carbonyl (C=O) groups excluding carboxylic acids is 1. The second-order valence-corrected chi connectivity index (χ2v) is 9.12. The van der Waals surface area contributed by atoms with Crippen molar-refractivity contribution < 1.29 is 13.2 Å². The van der Waals surface area contributed by atoms with E-state index in [4.69, 9.17) is 23.2 Å². The molecule has 3 aromatic carbocycles. The van der Waals surface area contributed by atoms with Crippen molar-refractivity contribution in [2.75, 3.05) is 13.6 Å². The summed E-state index contributed by atoms with van der Waals surface area (Å²) < 4.78 is 26.5. The van der Waals surface area contributed by atoms with Crippen LogP contribution in [0.4, 0.5) is 0 Å². The fourth-order valence-electron chi connectivity index (χ4n) is 2.61. The standard InChI is InChI=1S/C20H17Cl2N3O3S/c1-25(13-20(26)24-23-12-16-6-8-17(21)11-19(16)22)29(27,28)18-9-7-14-4-2-3-5-15(14)10-18/h2-12H,13H2,1H3,(H,24,26)/b23-12-. The molecule has 150 valence electrons. The summed E-state index contributed by atoms with van der Waals surface area (Å²) in [7, 11) is -2.49. The van der Waals surface area contributed by atoms with Gasteiger partial charge in [0.1, 0.15) is 0 Å². The minimum atomic E-state index is -3.83. The number of fused-ring (bicyclic) bond motifs is 1. The molecule has 0 unspecified atom stereocenters. The Morgan fingerprint density at radius 3 is 2.52 bits per heavy atom. The Morgan fingerprint density at radius 2 is 1.79 bits per heavy atom. The van der Waals surface area contributed by atoms with Crippen LogP contribution in [-0.2, 0) is 14.8 Å². The van der Waals surface area contributed by atoms with Crippen molar-refractivity contribution in [2.24, 2.45) is 5.10 Å². The molecule has 0 saturated heterocycles. The molecule has 0 aliphatic rings. The smallest absolute Gasteiger partial charge is 0.255 e. The highest BCUT2D eigenvalue weighted by atomic mass is 35.5. The van der Waals surface area contributed by atoms with E-state index in [-0.39, 0.29) is 11.4 Å². The number of sulfonamides is 1. The van der Waals surface area contributed by atoms with Crippen molar-refractivity contribution >= 4 is 56.1 Å². The number of hydrogen-bond acceptors (Lipinski definition) is 4. The topological polar surface area (TPSA) is 78.8 Å². The van der Waals surface area contributed by atoms with Gasteiger partial charge in [0.15, 0.2) is 0 Å². The third kappa shape index (κ3) is 5.13. The van der Waals surface area contributed by atoms with Crippen LogP contribution in [0.25, 0.3) is 10.8 Å². The molecule has 0 aliphatic heterocycles. The Morgan fingerprint density at radius 1 is 1.07 bits per heavy atom. The fourth-order valence-corrected chi connectivity index (χ4v) is 4.23. The van der Waals surface area contributed by atoms with Crippen LogP contribution in [0, 0.1) is 0 Å². The zero-order chi connectivity index (χ0) is 21.0. The van der Waals surface area contributed by atoms with Crippen molar-refractivity contribution in [3.05, 3.63) is 76.3 Å². The zero-order valence-corrected chi connectivity index (χ0v) is 17.7. The first-order chi connectivity index (χ1) is 13.8. The van der Waals surface area contributed by atoms with Gasteiger partial charge >= 0.3 is 0 Å². The number of hydrazone groups is 1. The summed E-state index contributed by atoms with van der Waals surface area (Å²) in [4.78, 5) is 12.2. The minimum Gasteiger partial charge on any atom is -0.272 e. The molecule has 6 nitrogen and oxygen atoms in total. The predicted molar refractivity (Wildman–Crippen MR) is 116 cm³/mol. The molecule has 0 heterocycles. The highest BCUT2D eigenvalue weighted by molar-refractivity contribution is 7.89. The molecule has 3 rings (SSSR count). The minimum absolute atomic E-state index is 0.114. The largest absolute Gasteiger partial charge is 0.272 e. The maximum atomic E-state index is 12.8. The molecule has 0 fully saturated rings. The molecule has 0 aliphatic carbocycles. The van der Waals surface area contributed by atoms with Crippen molar-refractivity contribution in [1.29, 1.82) is 0 Å². The zero-order valence-electron chi connectivity index (χ0n) is 15.3. The van der Waals surface area contributed by atoms with Gasteiger partial charge in [0.25, 0.3) is 5.91 Å². The monoisotopic (exact) mass is 449 g/mol. The van der Waals surface area contributed by atoms with Gasteiger partial charge in [0.05, 0.1) is 22.7 Å². The molecule has 0 aromatic heterocycles. The Kier molecular flexibility index (Phi) is 6.54. The van der Waals surface area contributed by atoms with Crippen LogP contribution in [0.1, 0.15) is 5.56 Å². The summed E-state index contributed by atoms with van der Waals surface area (Å²) in [5.41, 5.74) is 2.85. The van der Waals surface area contributed by atoms with Crippen molar-refractivity contribution in [3.63, 3.8) is 0 Å². The lowest BCUT2D eigenvalue weighted by Crippen LogP contribution is -2.36. The second kappa shape index (κ2) is 8.92. The van der Waals surface area contributed by atoms with Crippen LogP contribution in [0.15, 0.2) is 70.7 Å². The maximum absolute atomic E-state index is 12.8. The molecule has 29 heavy (non-hydrogen) atoms. The molecule has 1 N–H and O–H groups in total. The molecule has 3 aromatic rings. The third-order valence-electron chi connectivity index (χ3n) is 4.15. The van der Waals surface area contributed by atoms with Gasteiger partial charge in [0, 0.05) is 17.6 Å². The van der Waals surface area contributed by atoms with Crippen molar-refractivity contribution in [2.45, 2.75) is 4.90 Å². The Balaban J connectivity index is 1.66. The summed E-state index contributed by atoms with van der Waals surface area (Å²) >= 11 is 11.8. The molecule has 1 amide bonds. The lowest BCUT2D eigenvalue weighted by Gasteiger charge is -2.16. The Bertz CT molecular complexity index is 1200. The average molecular weight is 450 g/mol. The normalized spacial score (nSPS) is 12.0. The number of nitrogens with zero attached hydrogens (tertiary/aromatic N) is 2. The predicted octanol–water partition coefficient (Wildman–Crippen LogP) is 3.92.